The van der Waals surface area contributed by atoms with Gasteiger partial charge in [-0.05, 0) is 29.7 Å². The number of fused-ring (bicyclic) bond motifs is 1. The maximum atomic E-state index is 11.6. The molecule has 0 unspecified atom stereocenters. The Hall–Kier alpha value is -2.76. The molecule has 7 heteroatoms. The molecular weight excluding hydrogens is 377 g/mol. The first-order valence-corrected chi connectivity index (χ1v) is 8.36. The molecule has 0 fully saturated rings. The summed E-state index contributed by atoms with van der Waals surface area (Å²) in [5.41, 5.74) is 1.47. The van der Waals surface area contributed by atoms with Gasteiger partial charge in [0.25, 0.3) is 0 Å². The smallest absolute Gasteiger partial charge is 0.352 e. The van der Waals surface area contributed by atoms with Gasteiger partial charge in [-0.2, -0.15) is 0 Å². The second-order valence-electron chi connectivity index (χ2n) is 5.59. The molecule has 5 nitrogen and oxygen atoms in total. The Balaban J connectivity index is 2.14. The number of H-pyrrole nitrogens is 1. The van der Waals surface area contributed by atoms with Crippen molar-refractivity contribution in [2.45, 2.75) is 6.42 Å². The molecule has 26 heavy (non-hydrogen) atoms. The van der Waals surface area contributed by atoms with Crippen molar-refractivity contribution in [1.29, 1.82) is 0 Å². The predicted octanol–water partition coefficient (Wildman–Crippen LogP) is 4.88. The molecule has 132 valence electrons. The molecule has 2 aromatic carbocycles. The van der Waals surface area contributed by atoms with Crippen LogP contribution in [0.2, 0.25) is 10.0 Å². The molecule has 0 bridgehead atoms. The molecule has 3 N–H and O–H groups in total. The summed E-state index contributed by atoms with van der Waals surface area (Å²) in [7, 11) is 0. The minimum atomic E-state index is -1.16. The first kappa shape index (κ1) is 18.0. The van der Waals surface area contributed by atoms with Crippen LogP contribution < -0.4 is 0 Å². The number of aromatic nitrogens is 1. The number of nitrogens with one attached hydrogen (secondary N) is 1. The minimum Gasteiger partial charge on any atom is -0.478 e. The van der Waals surface area contributed by atoms with E-state index >= 15 is 0 Å². The van der Waals surface area contributed by atoms with Crippen molar-refractivity contribution < 1.29 is 19.8 Å². The number of aromatic carboxylic acids is 1. The molecule has 1 heterocycles. The highest BCUT2D eigenvalue weighted by Gasteiger charge is 2.20. The standard InChI is InChI=1S/C19H13Cl2NO4/c20-11-8-14(21)16-13(17(19(25)26)22-15(16)9-11)7-6-12(18(23)24)10-4-2-1-3-5-10/h1-6,8-9,22H,7H2,(H,23,24)(H,25,26)/b12-6+. The van der Waals surface area contributed by atoms with Crippen molar-refractivity contribution in [2.24, 2.45) is 0 Å². The highest BCUT2D eigenvalue weighted by atomic mass is 35.5. The Labute approximate surface area is 158 Å². The van der Waals surface area contributed by atoms with Crippen LogP contribution in [0, 0.1) is 0 Å². The summed E-state index contributed by atoms with van der Waals surface area (Å²) < 4.78 is 0. The normalized spacial score (nSPS) is 11.7. The number of halogens is 2. The summed E-state index contributed by atoms with van der Waals surface area (Å²) in [5, 5.41) is 20.2. The second kappa shape index (κ2) is 7.23. The molecule has 0 aliphatic carbocycles. The average molecular weight is 390 g/mol. The molecule has 0 spiro atoms. The molecule has 0 saturated carbocycles. The summed E-state index contributed by atoms with van der Waals surface area (Å²) >= 11 is 12.2. The summed E-state index contributed by atoms with van der Waals surface area (Å²) in [5.74, 6) is -2.25. The Morgan fingerprint density at radius 3 is 2.38 bits per heavy atom. The fourth-order valence-corrected chi connectivity index (χ4v) is 3.46. The minimum absolute atomic E-state index is 0.0433. The highest BCUT2D eigenvalue weighted by molar-refractivity contribution is 6.39. The van der Waals surface area contributed by atoms with E-state index in [1.165, 1.54) is 12.1 Å². The summed E-state index contributed by atoms with van der Waals surface area (Å²) in [6.07, 6.45) is 1.57. The predicted molar refractivity (Wildman–Crippen MR) is 101 cm³/mol. The van der Waals surface area contributed by atoms with E-state index < -0.39 is 11.9 Å². The van der Waals surface area contributed by atoms with Crippen LogP contribution >= 0.6 is 23.2 Å². The quantitative estimate of drug-likeness (QED) is 0.542. The monoisotopic (exact) mass is 389 g/mol. The number of aromatic amines is 1. The molecule has 0 saturated heterocycles. The van der Waals surface area contributed by atoms with Crippen molar-refractivity contribution in [1.82, 2.24) is 4.98 Å². The number of rotatable bonds is 5. The van der Waals surface area contributed by atoms with Crippen molar-refractivity contribution in [3.05, 3.63) is 75.4 Å². The zero-order chi connectivity index (χ0) is 18.8. The molecule has 3 rings (SSSR count). The second-order valence-corrected chi connectivity index (χ2v) is 6.43. The van der Waals surface area contributed by atoms with E-state index in [-0.39, 0.29) is 17.7 Å². The topological polar surface area (TPSA) is 90.4 Å². The van der Waals surface area contributed by atoms with Crippen LogP contribution in [-0.2, 0) is 11.2 Å². The van der Waals surface area contributed by atoms with Gasteiger partial charge in [0.15, 0.2) is 0 Å². The van der Waals surface area contributed by atoms with Gasteiger partial charge in [-0.1, -0.05) is 59.6 Å². The lowest BCUT2D eigenvalue weighted by atomic mass is 10.0. The molecule has 0 atom stereocenters. The third-order valence-corrected chi connectivity index (χ3v) is 4.47. The third-order valence-electron chi connectivity index (χ3n) is 3.96. The largest absolute Gasteiger partial charge is 0.478 e. The fraction of sp³-hybridized carbons (Fsp3) is 0.0526. The van der Waals surface area contributed by atoms with Gasteiger partial charge in [-0.15, -0.1) is 0 Å². The summed E-state index contributed by atoms with van der Waals surface area (Å²) in [6, 6.07) is 11.7. The van der Waals surface area contributed by atoms with Crippen LogP contribution in [0.4, 0.5) is 0 Å². The van der Waals surface area contributed by atoms with Gasteiger partial charge < -0.3 is 15.2 Å². The Morgan fingerprint density at radius 2 is 1.77 bits per heavy atom. The Bertz CT molecular complexity index is 1040. The SMILES string of the molecule is O=C(O)/C(=C/Cc1c(C(=O)O)[nH]c2cc(Cl)cc(Cl)c12)c1ccccc1. The van der Waals surface area contributed by atoms with E-state index in [1.54, 1.807) is 36.4 Å². The Kier molecular flexibility index (Phi) is 5.02. The maximum Gasteiger partial charge on any atom is 0.352 e. The van der Waals surface area contributed by atoms with Gasteiger partial charge in [-0.25, -0.2) is 9.59 Å². The fourth-order valence-electron chi connectivity index (χ4n) is 2.85. The zero-order valence-electron chi connectivity index (χ0n) is 13.3. The van der Waals surface area contributed by atoms with Crippen LogP contribution in [0.5, 0.6) is 0 Å². The Morgan fingerprint density at radius 1 is 1.08 bits per heavy atom. The maximum absolute atomic E-state index is 11.6. The summed E-state index contributed by atoms with van der Waals surface area (Å²) in [4.78, 5) is 26.0. The van der Waals surface area contributed by atoms with Crippen LogP contribution in [0.1, 0.15) is 21.6 Å². The lowest BCUT2D eigenvalue weighted by molar-refractivity contribution is -0.130. The van der Waals surface area contributed by atoms with Gasteiger partial charge >= 0.3 is 11.9 Å². The number of carboxylic acids is 2. The van der Waals surface area contributed by atoms with E-state index in [1.807, 2.05) is 0 Å². The molecule has 0 radical (unpaired) electrons. The first-order valence-electron chi connectivity index (χ1n) is 7.60. The van der Waals surface area contributed by atoms with Gasteiger partial charge in [-0.3, -0.25) is 0 Å². The van der Waals surface area contributed by atoms with Gasteiger partial charge in [0.2, 0.25) is 0 Å². The molecule has 3 aromatic rings. The van der Waals surface area contributed by atoms with Gasteiger partial charge in [0.1, 0.15) is 5.69 Å². The van der Waals surface area contributed by atoms with Crippen LogP contribution in [-0.4, -0.2) is 27.1 Å². The van der Waals surface area contributed by atoms with Crippen LogP contribution in [0.25, 0.3) is 16.5 Å². The van der Waals surface area contributed by atoms with Crippen LogP contribution in [0.15, 0.2) is 48.5 Å². The van der Waals surface area contributed by atoms with Crippen molar-refractivity contribution in [3.63, 3.8) is 0 Å². The molecule has 1 aromatic heterocycles. The number of hydrogen-bond donors (Lipinski definition) is 3. The van der Waals surface area contributed by atoms with Gasteiger partial charge in [0.05, 0.1) is 10.6 Å². The lowest BCUT2D eigenvalue weighted by Gasteiger charge is -2.04. The molecule has 0 aliphatic rings. The zero-order valence-corrected chi connectivity index (χ0v) is 14.8. The number of allylic oxidation sites excluding steroid dienone is 1. The van der Waals surface area contributed by atoms with E-state index in [0.717, 1.165) is 0 Å². The first-order chi connectivity index (χ1) is 12.4. The molecule has 0 amide bonds. The van der Waals surface area contributed by atoms with E-state index in [0.29, 0.717) is 32.1 Å². The summed E-state index contributed by atoms with van der Waals surface area (Å²) in [6.45, 7) is 0. The number of hydrogen-bond acceptors (Lipinski definition) is 2. The van der Waals surface area contributed by atoms with Crippen molar-refractivity contribution >= 4 is 51.6 Å². The van der Waals surface area contributed by atoms with Gasteiger partial charge in [0, 0.05) is 15.9 Å². The highest BCUT2D eigenvalue weighted by Crippen LogP contribution is 2.33. The van der Waals surface area contributed by atoms with Crippen molar-refractivity contribution in [2.75, 3.05) is 0 Å². The molecule has 0 aliphatic heterocycles. The van der Waals surface area contributed by atoms with Crippen LogP contribution in [0.3, 0.4) is 0 Å². The number of carboxylic acid groups (broad SMARTS) is 2. The van der Waals surface area contributed by atoms with E-state index in [2.05, 4.69) is 4.98 Å². The molecular formula is C19H13Cl2NO4. The van der Waals surface area contributed by atoms with Crippen molar-refractivity contribution in [3.8, 4) is 0 Å². The number of carbonyl (C=O) groups is 2. The van der Waals surface area contributed by atoms with E-state index in [9.17, 15) is 19.8 Å². The number of benzene rings is 2. The van der Waals surface area contributed by atoms with E-state index in [4.69, 9.17) is 23.2 Å². The third kappa shape index (κ3) is 3.45. The number of aliphatic carboxylic acids is 1. The lowest BCUT2D eigenvalue weighted by Crippen LogP contribution is -2.03. The average Bonchev–Trinajstić information content (AvgIpc) is 2.94.